The lowest BCUT2D eigenvalue weighted by Crippen LogP contribution is -2.40. The van der Waals surface area contributed by atoms with Crippen LogP contribution in [0.4, 0.5) is 11.6 Å². The van der Waals surface area contributed by atoms with Crippen molar-refractivity contribution in [2.45, 2.75) is 39.2 Å². The Hall–Kier alpha value is -2.63. The van der Waals surface area contributed by atoms with E-state index in [-0.39, 0.29) is 18.0 Å². The van der Waals surface area contributed by atoms with E-state index in [1.54, 1.807) is 9.47 Å². The molecular formula is C20H24N4O2. The molecule has 0 N–H and O–H groups in total. The highest BCUT2D eigenvalue weighted by atomic mass is 16.2. The number of fused-ring (bicyclic) bond motifs is 1. The third kappa shape index (κ3) is 3.11. The summed E-state index contributed by atoms with van der Waals surface area (Å²) >= 11 is 0. The van der Waals surface area contributed by atoms with E-state index in [1.165, 1.54) is 18.1 Å². The molecule has 3 heterocycles. The van der Waals surface area contributed by atoms with Crippen molar-refractivity contribution in [3.8, 4) is 0 Å². The Kier molecular flexibility index (Phi) is 4.49. The number of carbonyl (C=O) groups excluding carboxylic acids is 1. The highest BCUT2D eigenvalue weighted by molar-refractivity contribution is 5.95. The average Bonchev–Trinajstić information content (AvgIpc) is 3.08. The number of anilines is 2. The van der Waals surface area contributed by atoms with Gasteiger partial charge in [0.15, 0.2) is 0 Å². The maximum atomic E-state index is 13.0. The van der Waals surface area contributed by atoms with Crippen molar-refractivity contribution < 1.29 is 4.79 Å². The van der Waals surface area contributed by atoms with Gasteiger partial charge in [-0.2, -0.15) is 0 Å². The smallest absolute Gasteiger partial charge is 0.255 e. The number of nitrogens with zero attached hydrogens (tertiary/aromatic N) is 4. The van der Waals surface area contributed by atoms with Crippen molar-refractivity contribution in [1.29, 1.82) is 0 Å². The lowest BCUT2D eigenvalue weighted by molar-refractivity contribution is -0.119. The molecule has 1 fully saturated rings. The van der Waals surface area contributed by atoms with Crippen LogP contribution in [0.3, 0.4) is 0 Å². The molecule has 6 nitrogen and oxygen atoms in total. The molecule has 2 aliphatic rings. The zero-order valence-electron chi connectivity index (χ0n) is 15.1. The largest absolute Gasteiger partial charge is 0.342 e. The molecule has 1 saturated heterocycles. The first-order chi connectivity index (χ1) is 12.6. The average molecular weight is 352 g/mol. The summed E-state index contributed by atoms with van der Waals surface area (Å²) in [6.07, 6.45) is 4.26. The van der Waals surface area contributed by atoms with E-state index in [9.17, 15) is 9.59 Å². The molecule has 1 aromatic heterocycles. The van der Waals surface area contributed by atoms with Gasteiger partial charge in [-0.25, -0.2) is 4.98 Å². The fourth-order valence-corrected chi connectivity index (χ4v) is 3.91. The Balaban J connectivity index is 1.64. The normalized spacial score (nSPS) is 16.7. The van der Waals surface area contributed by atoms with Crippen molar-refractivity contribution >= 4 is 17.5 Å². The van der Waals surface area contributed by atoms with Gasteiger partial charge in [0.05, 0.1) is 0 Å². The minimum atomic E-state index is -0.154. The molecule has 0 unspecified atom stereocenters. The molecule has 0 saturated carbocycles. The van der Waals surface area contributed by atoms with Gasteiger partial charge < -0.3 is 9.80 Å². The molecule has 0 spiro atoms. The van der Waals surface area contributed by atoms with Gasteiger partial charge in [-0.1, -0.05) is 18.2 Å². The predicted molar refractivity (Wildman–Crippen MR) is 102 cm³/mol. The van der Waals surface area contributed by atoms with Crippen LogP contribution in [0.1, 0.15) is 30.5 Å². The van der Waals surface area contributed by atoms with Gasteiger partial charge in [0, 0.05) is 37.1 Å². The Bertz CT molecular complexity index is 884. The van der Waals surface area contributed by atoms with Crippen molar-refractivity contribution in [3.63, 3.8) is 0 Å². The molecule has 1 aromatic carbocycles. The fourth-order valence-electron chi connectivity index (χ4n) is 3.91. The van der Waals surface area contributed by atoms with Crippen LogP contribution < -0.4 is 15.4 Å². The van der Waals surface area contributed by atoms with Gasteiger partial charge in [-0.3, -0.25) is 14.2 Å². The summed E-state index contributed by atoms with van der Waals surface area (Å²) < 4.78 is 1.54. The van der Waals surface area contributed by atoms with Crippen LogP contribution >= 0.6 is 0 Å². The summed E-state index contributed by atoms with van der Waals surface area (Å²) in [5.41, 5.74) is 2.70. The summed E-state index contributed by atoms with van der Waals surface area (Å²) in [4.78, 5) is 34.1. The molecule has 136 valence electrons. The summed E-state index contributed by atoms with van der Waals surface area (Å²) in [6, 6.07) is 9.49. The summed E-state index contributed by atoms with van der Waals surface area (Å²) in [7, 11) is 0. The van der Waals surface area contributed by atoms with E-state index in [0.717, 1.165) is 38.0 Å². The molecule has 6 heteroatoms. The Morgan fingerprint density at radius 2 is 1.88 bits per heavy atom. The van der Waals surface area contributed by atoms with Crippen molar-refractivity contribution in [2.75, 3.05) is 29.4 Å². The highest BCUT2D eigenvalue weighted by Crippen LogP contribution is 2.28. The van der Waals surface area contributed by atoms with Gasteiger partial charge in [0.2, 0.25) is 11.9 Å². The van der Waals surface area contributed by atoms with E-state index in [2.05, 4.69) is 16.0 Å². The fraction of sp³-hybridized carbons (Fsp3) is 0.450. The molecule has 4 rings (SSSR count). The van der Waals surface area contributed by atoms with Crippen LogP contribution in [0, 0.1) is 6.92 Å². The molecule has 0 atom stereocenters. The molecule has 0 radical (unpaired) electrons. The van der Waals surface area contributed by atoms with E-state index < -0.39 is 0 Å². The maximum Gasteiger partial charge on any atom is 0.255 e. The van der Waals surface area contributed by atoms with Gasteiger partial charge in [0.25, 0.3) is 5.56 Å². The van der Waals surface area contributed by atoms with Crippen LogP contribution in [-0.2, 0) is 17.8 Å². The first kappa shape index (κ1) is 16.8. The van der Waals surface area contributed by atoms with Crippen LogP contribution in [-0.4, -0.2) is 35.1 Å². The summed E-state index contributed by atoms with van der Waals surface area (Å²) in [5.74, 6) is 0.580. The molecule has 2 aromatic rings. The number of carbonyl (C=O) groups is 1. The molecule has 2 aliphatic heterocycles. The molecular weight excluding hydrogens is 328 g/mol. The van der Waals surface area contributed by atoms with E-state index in [0.29, 0.717) is 18.2 Å². The SMILES string of the molecule is Cc1cc(=O)n(CC(=O)N2CCc3ccccc32)c(N2CCCCC2)n1. The number of amides is 1. The van der Waals surface area contributed by atoms with Crippen LogP contribution in [0.5, 0.6) is 0 Å². The van der Waals surface area contributed by atoms with Crippen molar-refractivity contribution in [3.05, 3.63) is 51.9 Å². The second kappa shape index (κ2) is 6.94. The minimum Gasteiger partial charge on any atom is -0.342 e. The molecule has 0 bridgehead atoms. The first-order valence-corrected chi connectivity index (χ1v) is 9.35. The molecule has 1 amide bonds. The van der Waals surface area contributed by atoms with Crippen LogP contribution in [0.15, 0.2) is 35.1 Å². The van der Waals surface area contributed by atoms with Crippen molar-refractivity contribution in [2.24, 2.45) is 0 Å². The summed E-state index contributed by atoms with van der Waals surface area (Å²) in [5, 5.41) is 0. The number of para-hydroxylation sites is 1. The highest BCUT2D eigenvalue weighted by Gasteiger charge is 2.26. The number of hydrogen-bond donors (Lipinski definition) is 0. The Morgan fingerprint density at radius 1 is 1.12 bits per heavy atom. The van der Waals surface area contributed by atoms with E-state index in [4.69, 9.17) is 0 Å². The lowest BCUT2D eigenvalue weighted by atomic mass is 10.1. The quantitative estimate of drug-likeness (QED) is 0.849. The number of aromatic nitrogens is 2. The monoisotopic (exact) mass is 352 g/mol. The predicted octanol–water partition coefficient (Wildman–Crippen LogP) is 2.13. The number of benzene rings is 1. The van der Waals surface area contributed by atoms with E-state index in [1.807, 2.05) is 25.1 Å². The van der Waals surface area contributed by atoms with Gasteiger partial charge in [-0.15, -0.1) is 0 Å². The Morgan fingerprint density at radius 3 is 2.69 bits per heavy atom. The first-order valence-electron chi connectivity index (χ1n) is 9.35. The standard InChI is InChI=1S/C20H24N4O2/c1-15-13-18(25)24(20(21-15)22-10-5-2-6-11-22)14-19(26)23-12-9-16-7-3-4-8-17(16)23/h3-4,7-8,13H,2,5-6,9-12,14H2,1H3. The number of hydrogen-bond acceptors (Lipinski definition) is 4. The number of aryl methyl sites for hydroxylation is 1. The minimum absolute atomic E-state index is 0.0340. The summed E-state index contributed by atoms with van der Waals surface area (Å²) in [6.45, 7) is 4.31. The van der Waals surface area contributed by atoms with E-state index >= 15 is 0 Å². The topological polar surface area (TPSA) is 58.4 Å². The number of rotatable bonds is 3. The molecule has 26 heavy (non-hydrogen) atoms. The third-order valence-corrected chi connectivity index (χ3v) is 5.24. The van der Waals surface area contributed by atoms with Crippen LogP contribution in [0.2, 0.25) is 0 Å². The lowest BCUT2D eigenvalue weighted by Gasteiger charge is -2.30. The maximum absolute atomic E-state index is 13.0. The zero-order chi connectivity index (χ0) is 18.1. The third-order valence-electron chi connectivity index (χ3n) is 5.24. The zero-order valence-corrected chi connectivity index (χ0v) is 15.1. The second-order valence-corrected chi connectivity index (χ2v) is 7.09. The van der Waals surface area contributed by atoms with Crippen molar-refractivity contribution in [1.82, 2.24) is 9.55 Å². The van der Waals surface area contributed by atoms with Gasteiger partial charge in [-0.05, 0) is 44.2 Å². The van der Waals surface area contributed by atoms with Gasteiger partial charge in [0.1, 0.15) is 6.54 Å². The van der Waals surface area contributed by atoms with Crippen LogP contribution in [0.25, 0.3) is 0 Å². The Labute approximate surface area is 153 Å². The second-order valence-electron chi connectivity index (χ2n) is 7.09. The van der Waals surface area contributed by atoms with Gasteiger partial charge >= 0.3 is 0 Å². The molecule has 0 aliphatic carbocycles. The number of piperidine rings is 1.